The van der Waals surface area contributed by atoms with Gasteiger partial charge in [0.15, 0.2) is 0 Å². The third kappa shape index (κ3) is 2.35. The summed E-state index contributed by atoms with van der Waals surface area (Å²) >= 11 is 1.91. The van der Waals surface area contributed by atoms with Gasteiger partial charge < -0.3 is 9.88 Å². The van der Waals surface area contributed by atoms with E-state index in [4.69, 9.17) is 0 Å². The normalized spacial score (nSPS) is 18.8. The van der Waals surface area contributed by atoms with Gasteiger partial charge in [0.1, 0.15) is 5.82 Å². The minimum atomic E-state index is 0.559. The molecule has 0 saturated heterocycles. The number of thiophene rings is 1. The quantitative estimate of drug-likeness (QED) is 0.917. The Labute approximate surface area is 112 Å². The minimum Gasteiger partial charge on any atom is -0.334 e. The summed E-state index contributed by atoms with van der Waals surface area (Å²) in [6, 6.07) is 2.85. The molecule has 96 valence electrons. The third-order valence-electron chi connectivity index (χ3n) is 3.72. The summed E-state index contributed by atoms with van der Waals surface area (Å²) in [6.07, 6.45) is 7.77. The van der Waals surface area contributed by atoms with E-state index in [9.17, 15) is 0 Å². The molecular weight excluding hydrogens is 242 g/mol. The second-order valence-corrected chi connectivity index (χ2v) is 5.87. The zero-order valence-electron chi connectivity index (χ0n) is 10.7. The van der Waals surface area contributed by atoms with Crippen molar-refractivity contribution >= 4 is 11.3 Å². The highest BCUT2D eigenvalue weighted by Crippen LogP contribution is 2.32. The molecule has 0 saturated carbocycles. The molecule has 0 radical (unpaired) electrons. The smallest absolute Gasteiger partial charge is 0.105 e. The maximum absolute atomic E-state index is 4.25. The van der Waals surface area contributed by atoms with Crippen LogP contribution >= 0.6 is 11.3 Å². The number of nitrogens with one attached hydrogen (secondary N) is 1. The Bertz CT molecular complexity index is 515. The lowest BCUT2D eigenvalue weighted by atomic mass is 9.94. The van der Waals surface area contributed by atoms with E-state index in [-0.39, 0.29) is 0 Å². The molecule has 2 heterocycles. The first kappa shape index (κ1) is 11.9. The topological polar surface area (TPSA) is 29.9 Å². The standard InChI is InChI=1S/C14H19N3S/c1-11-15-6-8-17(11)9-7-16-13-3-2-4-14-12(13)5-10-18-14/h5-6,8,10,13,16H,2-4,7,9H2,1H3. The van der Waals surface area contributed by atoms with Crippen molar-refractivity contribution in [2.24, 2.45) is 0 Å². The first-order valence-electron chi connectivity index (χ1n) is 6.62. The van der Waals surface area contributed by atoms with E-state index in [1.165, 1.54) is 24.8 Å². The summed E-state index contributed by atoms with van der Waals surface area (Å²) in [5.41, 5.74) is 1.54. The molecule has 1 N–H and O–H groups in total. The van der Waals surface area contributed by atoms with Crippen molar-refractivity contribution in [3.8, 4) is 0 Å². The van der Waals surface area contributed by atoms with Crippen molar-refractivity contribution < 1.29 is 0 Å². The lowest BCUT2D eigenvalue weighted by Crippen LogP contribution is -2.27. The van der Waals surface area contributed by atoms with Crippen LogP contribution < -0.4 is 5.32 Å². The molecule has 0 aliphatic heterocycles. The van der Waals surface area contributed by atoms with Gasteiger partial charge in [0.25, 0.3) is 0 Å². The Morgan fingerprint density at radius 2 is 2.50 bits per heavy atom. The van der Waals surface area contributed by atoms with Gasteiger partial charge >= 0.3 is 0 Å². The Hall–Kier alpha value is -1.13. The number of fused-ring (bicyclic) bond motifs is 1. The van der Waals surface area contributed by atoms with Crippen LogP contribution in [0.25, 0.3) is 0 Å². The fourth-order valence-corrected chi connectivity index (χ4v) is 3.69. The van der Waals surface area contributed by atoms with Crippen molar-refractivity contribution in [2.45, 2.75) is 38.8 Å². The van der Waals surface area contributed by atoms with Crippen LogP contribution in [-0.2, 0) is 13.0 Å². The lowest BCUT2D eigenvalue weighted by molar-refractivity contribution is 0.447. The van der Waals surface area contributed by atoms with E-state index in [0.717, 1.165) is 18.9 Å². The van der Waals surface area contributed by atoms with E-state index in [1.54, 1.807) is 4.88 Å². The highest BCUT2D eigenvalue weighted by molar-refractivity contribution is 7.10. The Balaban J connectivity index is 1.57. The van der Waals surface area contributed by atoms with Gasteiger partial charge in [-0.2, -0.15) is 0 Å². The molecule has 4 heteroatoms. The minimum absolute atomic E-state index is 0.559. The van der Waals surface area contributed by atoms with Gasteiger partial charge in [0.2, 0.25) is 0 Å². The summed E-state index contributed by atoms with van der Waals surface area (Å²) in [6.45, 7) is 4.07. The summed E-state index contributed by atoms with van der Waals surface area (Å²) in [4.78, 5) is 5.83. The number of imidazole rings is 1. The second kappa shape index (κ2) is 5.24. The first-order valence-corrected chi connectivity index (χ1v) is 7.50. The van der Waals surface area contributed by atoms with Crippen LogP contribution in [0.4, 0.5) is 0 Å². The fraction of sp³-hybridized carbons (Fsp3) is 0.500. The van der Waals surface area contributed by atoms with Crippen LogP contribution in [-0.4, -0.2) is 16.1 Å². The van der Waals surface area contributed by atoms with E-state index in [1.807, 2.05) is 23.7 Å². The highest BCUT2D eigenvalue weighted by atomic mass is 32.1. The van der Waals surface area contributed by atoms with E-state index in [0.29, 0.717) is 6.04 Å². The van der Waals surface area contributed by atoms with Gasteiger partial charge in [-0.05, 0) is 43.2 Å². The summed E-state index contributed by atoms with van der Waals surface area (Å²) in [5.74, 6) is 1.09. The predicted molar refractivity (Wildman–Crippen MR) is 75.0 cm³/mol. The maximum Gasteiger partial charge on any atom is 0.105 e. The van der Waals surface area contributed by atoms with Crippen LogP contribution in [0.15, 0.2) is 23.8 Å². The third-order valence-corrected chi connectivity index (χ3v) is 4.72. The van der Waals surface area contributed by atoms with E-state index in [2.05, 4.69) is 33.2 Å². The van der Waals surface area contributed by atoms with Crippen molar-refractivity contribution in [3.63, 3.8) is 0 Å². The van der Waals surface area contributed by atoms with Gasteiger partial charge in [-0.1, -0.05) is 0 Å². The molecular formula is C14H19N3S. The number of rotatable bonds is 4. The van der Waals surface area contributed by atoms with Crippen molar-refractivity contribution in [3.05, 3.63) is 40.1 Å². The Morgan fingerprint density at radius 3 is 3.33 bits per heavy atom. The molecule has 1 unspecified atom stereocenters. The maximum atomic E-state index is 4.25. The number of aryl methyl sites for hydroxylation is 2. The number of hydrogen-bond donors (Lipinski definition) is 1. The average Bonchev–Trinajstić information content (AvgIpc) is 2.99. The molecule has 2 aromatic rings. The number of aromatic nitrogens is 2. The zero-order chi connectivity index (χ0) is 12.4. The molecule has 0 spiro atoms. The molecule has 18 heavy (non-hydrogen) atoms. The lowest BCUT2D eigenvalue weighted by Gasteiger charge is -2.24. The van der Waals surface area contributed by atoms with E-state index >= 15 is 0 Å². The van der Waals surface area contributed by atoms with Crippen LogP contribution in [0.1, 0.15) is 35.1 Å². The number of hydrogen-bond acceptors (Lipinski definition) is 3. The van der Waals surface area contributed by atoms with Crippen LogP contribution in [0.5, 0.6) is 0 Å². The largest absolute Gasteiger partial charge is 0.334 e. The SMILES string of the molecule is Cc1nccn1CCNC1CCCc2sccc21. The monoisotopic (exact) mass is 261 g/mol. The predicted octanol–water partition coefficient (Wildman–Crippen LogP) is 2.92. The first-order chi connectivity index (χ1) is 8.84. The van der Waals surface area contributed by atoms with Crippen molar-refractivity contribution in [1.29, 1.82) is 0 Å². The second-order valence-electron chi connectivity index (χ2n) is 4.87. The van der Waals surface area contributed by atoms with Gasteiger partial charge in [-0.3, -0.25) is 0 Å². The van der Waals surface area contributed by atoms with Crippen molar-refractivity contribution in [1.82, 2.24) is 14.9 Å². The molecule has 0 amide bonds. The summed E-state index contributed by atoms with van der Waals surface area (Å²) in [5, 5.41) is 5.91. The van der Waals surface area contributed by atoms with Gasteiger partial charge in [-0.15, -0.1) is 11.3 Å². The van der Waals surface area contributed by atoms with Crippen LogP contribution in [0, 0.1) is 6.92 Å². The van der Waals surface area contributed by atoms with Gasteiger partial charge in [0, 0.05) is 36.4 Å². The molecule has 0 bridgehead atoms. The van der Waals surface area contributed by atoms with Crippen LogP contribution in [0.3, 0.4) is 0 Å². The van der Waals surface area contributed by atoms with Gasteiger partial charge in [-0.25, -0.2) is 4.98 Å². The molecule has 1 atom stereocenters. The molecule has 2 aromatic heterocycles. The Morgan fingerprint density at radius 1 is 1.56 bits per heavy atom. The highest BCUT2D eigenvalue weighted by Gasteiger charge is 2.20. The Kier molecular flexibility index (Phi) is 3.48. The van der Waals surface area contributed by atoms with Crippen molar-refractivity contribution in [2.75, 3.05) is 6.54 Å². The van der Waals surface area contributed by atoms with Crippen LogP contribution in [0.2, 0.25) is 0 Å². The molecule has 3 rings (SSSR count). The molecule has 3 nitrogen and oxygen atoms in total. The summed E-state index contributed by atoms with van der Waals surface area (Å²) < 4.78 is 2.20. The fourth-order valence-electron chi connectivity index (χ4n) is 2.70. The molecule has 0 aromatic carbocycles. The molecule has 1 aliphatic carbocycles. The zero-order valence-corrected chi connectivity index (χ0v) is 11.5. The number of nitrogens with zero attached hydrogens (tertiary/aromatic N) is 2. The van der Waals surface area contributed by atoms with E-state index < -0.39 is 0 Å². The van der Waals surface area contributed by atoms with Gasteiger partial charge in [0.05, 0.1) is 0 Å². The average molecular weight is 261 g/mol. The molecule has 0 fully saturated rings. The molecule has 1 aliphatic rings. The summed E-state index contributed by atoms with van der Waals surface area (Å²) in [7, 11) is 0.